The lowest BCUT2D eigenvalue weighted by Crippen LogP contribution is -2.08. The number of rotatable bonds is 4. The largest absolute Gasteiger partial charge is 0.478 e. The molecule has 8 heteroatoms. The van der Waals surface area contributed by atoms with E-state index in [0.29, 0.717) is 0 Å². The van der Waals surface area contributed by atoms with Gasteiger partial charge in [-0.15, -0.1) is 0 Å². The maximum absolute atomic E-state index is 13.8. The zero-order chi connectivity index (χ0) is 14.7. The van der Waals surface area contributed by atoms with Crippen molar-refractivity contribution in [3.63, 3.8) is 0 Å². The van der Waals surface area contributed by atoms with Crippen molar-refractivity contribution in [2.75, 3.05) is 0 Å². The molecule has 0 aliphatic heterocycles. The van der Waals surface area contributed by atoms with Crippen LogP contribution >= 0.6 is 0 Å². The van der Waals surface area contributed by atoms with Gasteiger partial charge in [-0.2, -0.15) is 0 Å². The van der Waals surface area contributed by atoms with E-state index in [1.165, 1.54) is 24.3 Å². The minimum absolute atomic E-state index is 0.00253. The summed E-state index contributed by atoms with van der Waals surface area (Å²) in [6.45, 7) is 0. The Morgan fingerprint density at radius 3 is 2.65 bits per heavy atom. The van der Waals surface area contributed by atoms with Crippen LogP contribution in [-0.2, 0) is 16.8 Å². The first kappa shape index (κ1) is 14.2. The summed E-state index contributed by atoms with van der Waals surface area (Å²) in [4.78, 5) is 18.7. The predicted octanol–water partition coefficient (Wildman–Crippen LogP) is 1.70. The molecular weight excluding hydrogens is 287 g/mol. The summed E-state index contributed by atoms with van der Waals surface area (Å²) in [7, 11) is 0. The van der Waals surface area contributed by atoms with Gasteiger partial charge in [0.2, 0.25) is 0 Å². The molecule has 0 aliphatic rings. The van der Waals surface area contributed by atoms with Gasteiger partial charge in [-0.05, 0) is 12.1 Å². The molecule has 0 aliphatic carbocycles. The second-order valence-corrected chi connectivity index (χ2v) is 4.73. The number of hydrogen-bond acceptors (Lipinski definition) is 4. The lowest BCUT2D eigenvalue weighted by atomic mass is 10.1. The number of carboxylic acids is 1. The van der Waals surface area contributed by atoms with E-state index in [-0.39, 0.29) is 28.4 Å². The lowest BCUT2D eigenvalue weighted by molar-refractivity contribution is 0.0697. The molecule has 0 fully saturated rings. The maximum Gasteiger partial charge on any atom is 0.339 e. The van der Waals surface area contributed by atoms with Gasteiger partial charge in [-0.3, -0.25) is 0 Å². The summed E-state index contributed by atoms with van der Waals surface area (Å²) < 4.78 is 33.3. The predicted molar refractivity (Wildman–Crippen MR) is 68.9 cm³/mol. The average molecular weight is 296 g/mol. The van der Waals surface area contributed by atoms with Gasteiger partial charge in [-0.1, -0.05) is 12.1 Å². The highest BCUT2D eigenvalue weighted by molar-refractivity contribution is 7.78. The molecule has 1 aromatic heterocycles. The van der Waals surface area contributed by atoms with Crippen LogP contribution in [0.4, 0.5) is 4.39 Å². The Kier molecular flexibility index (Phi) is 4.16. The van der Waals surface area contributed by atoms with Crippen LogP contribution in [0.3, 0.4) is 0 Å². The third-order valence-corrected chi connectivity index (χ3v) is 2.96. The molecule has 0 bridgehead atoms. The van der Waals surface area contributed by atoms with Crippen molar-refractivity contribution in [1.82, 2.24) is 9.97 Å². The Bertz CT molecular complexity index is 693. The summed E-state index contributed by atoms with van der Waals surface area (Å²) in [6, 6.07) is 5.55. The number of aromatic carboxylic acids is 1. The minimum Gasteiger partial charge on any atom is -0.478 e. The fourth-order valence-electron chi connectivity index (χ4n) is 1.61. The normalized spacial score (nSPS) is 12.1. The number of halogens is 1. The van der Waals surface area contributed by atoms with Gasteiger partial charge in [0.15, 0.2) is 11.1 Å². The van der Waals surface area contributed by atoms with E-state index in [1.54, 1.807) is 0 Å². The molecular formula is C12H9FN2O4S. The van der Waals surface area contributed by atoms with E-state index in [4.69, 9.17) is 9.66 Å². The van der Waals surface area contributed by atoms with E-state index in [2.05, 4.69) is 9.97 Å². The Labute approximate surface area is 115 Å². The van der Waals surface area contributed by atoms with Crippen molar-refractivity contribution in [3.8, 4) is 11.3 Å². The van der Waals surface area contributed by atoms with Crippen molar-refractivity contribution in [2.45, 2.75) is 5.75 Å². The van der Waals surface area contributed by atoms with Crippen LogP contribution in [0.2, 0.25) is 0 Å². The first-order valence-corrected chi connectivity index (χ1v) is 6.68. The van der Waals surface area contributed by atoms with E-state index in [9.17, 15) is 13.4 Å². The first-order valence-electron chi connectivity index (χ1n) is 5.40. The van der Waals surface area contributed by atoms with Gasteiger partial charge in [0.05, 0.1) is 5.69 Å². The van der Waals surface area contributed by atoms with E-state index in [0.717, 1.165) is 6.20 Å². The van der Waals surface area contributed by atoms with Gasteiger partial charge in [-0.25, -0.2) is 23.4 Å². The summed E-state index contributed by atoms with van der Waals surface area (Å²) in [5.41, 5.74) is -0.397. The molecule has 0 saturated heterocycles. The number of aromatic nitrogens is 2. The fraction of sp³-hybridized carbons (Fsp3) is 0.0833. The van der Waals surface area contributed by atoms with E-state index < -0.39 is 22.9 Å². The Balaban J connectivity index is 2.61. The highest BCUT2D eigenvalue weighted by Crippen LogP contribution is 2.24. The number of carboxylic acid groups (broad SMARTS) is 1. The average Bonchev–Trinajstić information content (AvgIpc) is 2.38. The summed E-state index contributed by atoms with van der Waals surface area (Å²) in [5.74, 6) is -2.33. The second kappa shape index (κ2) is 5.85. The molecule has 2 rings (SSSR count). The summed E-state index contributed by atoms with van der Waals surface area (Å²) >= 11 is -2.17. The van der Waals surface area contributed by atoms with Crippen molar-refractivity contribution in [1.29, 1.82) is 0 Å². The van der Waals surface area contributed by atoms with E-state index >= 15 is 0 Å². The second-order valence-electron chi connectivity index (χ2n) is 3.80. The van der Waals surface area contributed by atoms with Crippen LogP contribution in [0.25, 0.3) is 11.3 Å². The molecule has 1 aromatic carbocycles. The van der Waals surface area contributed by atoms with Crippen LogP contribution in [-0.4, -0.2) is 29.8 Å². The number of hydrogen-bond donors (Lipinski definition) is 2. The summed E-state index contributed by atoms with van der Waals surface area (Å²) in [6.07, 6.45) is 0.999. The Morgan fingerprint density at radius 1 is 1.35 bits per heavy atom. The Morgan fingerprint density at radius 2 is 2.05 bits per heavy atom. The Hall–Kier alpha value is -2.19. The molecule has 0 spiro atoms. The van der Waals surface area contributed by atoms with Crippen molar-refractivity contribution in [2.24, 2.45) is 0 Å². The first-order chi connectivity index (χ1) is 9.49. The molecule has 6 nitrogen and oxygen atoms in total. The smallest absolute Gasteiger partial charge is 0.339 e. The monoisotopic (exact) mass is 296 g/mol. The number of nitrogens with zero attached hydrogens (tertiary/aromatic N) is 2. The lowest BCUT2D eigenvalue weighted by Gasteiger charge is -2.07. The quantitative estimate of drug-likeness (QED) is 0.833. The third-order valence-electron chi connectivity index (χ3n) is 2.45. The molecule has 2 aromatic rings. The van der Waals surface area contributed by atoms with Crippen LogP contribution in [0, 0.1) is 5.82 Å². The van der Waals surface area contributed by atoms with Crippen LogP contribution in [0.1, 0.15) is 16.2 Å². The molecule has 104 valence electrons. The van der Waals surface area contributed by atoms with E-state index in [1.807, 2.05) is 0 Å². The molecule has 1 heterocycles. The minimum atomic E-state index is -2.17. The maximum atomic E-state index is 13.8. The van der Waals surface area contributed by atoms with Crippen LogP contribution < -0.4 is 0 Å². The van der Waals surface area contributed by atoms with Crippen molar-refractivity contribution < 1.29 is 23.1 Å². The van der Waals surface area contributed by atoms with Crippen LogP contribution in [0.5, 0.6) is 0 Å². The molecule has 0 radical (unpaired) electrons. The van der Waals surface area contributed by atoms with Crippen molar-refractivity contribution in [3.05, 3.63) is 47.7 Å². The highest BCUT2D eigenvalue weighted by atomic mass is 32.2. The molecule has 1 unspecified atom stereocenters. The van der Waals surface area contributed by atoms with Gasteiger partial charge < -0.3 is 9.66 Å². The zero-order valence-electron chi connectivity index (χ0n) is 9.99. The zero-order valence-corrected chi connectivity index (χ0v) is 10.8. The highest BCUT2D eigenvalue weighted by Gasteiger charge is 2.18. The molecule has 2 N–H and O–H groups in total. The van der Waals surface area contributed by atoms with Crippen molar-refractivity contribution >= 4 is 17.0 Å². The fourth-order valence-corrected chi connectivity index (χ4v) is 1.97. The number of carbonyl (C=O) groups is 1. The molecule has 1 atom stereocenters. The SMILES string of the molecule is O=C(O)c1cnc(CS(=O)O)nc1-c1ccccc1F. The van der Waals surface area contributed by atoms with Gasteiger partial charge in [0.25, 0.3) is 0 Å². The third kappa shape index (κ3) is 3.03. The van der Waals surface area contributed by atoms with Gasteiger partial charge in [0, 0.05) is 11.8 Å². The van der Waals surface area contributed by atoms with Crippen LogP contribution in [0.15, 0.2) is 30.5 Å². The van der Waals surface area contributed by atoms with Gasteiger partial charge in [0.1, 0.15) is 23.0 Å². The summed E-state index contributed by atoms with van der Waals surface area (Å²) in [5, 5.41) is 9.08. The standard InChI is InChI=1S/C12H9FN2O4S/c13-9-4-2-1-3-7(9)11-8(12(16)17)5-14-10(15-11)6-20(18)19/h1-5H,6H2,(H,16,17)(H,18,19). The molecule has 0 amide bonds. The topological polar surface area (TPSA) is 100 Å². The molecule has 0 saturated carbocycles. The number of benzene rings is 1. The van der Waals surface area contributed by atoms with Gasteiger partial charge >= 0.3 is 5.97 Å². The molecule has 20 heavy (non-hydrogen) atoms.